The Balaban J connectivity index is 1.61. The van der Waals surface area contributed by atoms with Gasteiger partial charge in [0.2, 0.25) is 5.91 Å². The van der Waals surface area contributed by atoms with Gasteiger partial charge in [0, 0.05) is 32.6 Å². The van der Waals surface area contributed by atoms with Gasteiger partial charge < -0.3 is 14.5 Å². The van der Waals surface area contributed by atoms with Crippen LogP contribution in [0.4, 0.5) is 5.13 Å². The van der Waals surface area contributed by atoms with Crippen LogP contribution >= 0.6 is 11.3 Å². The van der Waals surface area contributed by atoms with E-state index in [4.69, 9.17) is 4.74 Å². The van der Waals surface area contributed by atoms with Gasteiger partial charge >= 0.3 is 5.97 Å². The molecule has 25 heavy (non-hydrogen) atoms. The molecule has 1 amide bonds. The number of anilines is 1. The Morgan fingerprint density at radius 3 is 2.60 bits per heavy atom. The molecule has 1 aromatic rings. The number of rotatable bonds is 3. The summed E-state index contributed by atoms with van der Waals surface area (Å²) < 4.78 is 4.75. The Kier molecular flexibility index (Phi) is 5.93. The molecule has 0 N–H and O–H groups in total. The summed E-state index contributed by atoms with van der Waals surface area (Å²) in [7, 11) is 1.39. The van der Waals surface area contributed by atoms with E-state index in [1.807, 2.05) is 0 Å². The number of piperidine rings is 1. The molecule has 3 rings (SSSR count). The molecule has 1 unspecified atom stereocenters. The second-order valence-corrected chi connectivity index (χ2v) is 7.96. The number of aromatic nitrogens is 1. The maximum absolute atomic E-state index is 12.0. The van der Waals surface area contributed by atoms with Gasteiger partial charge in [0.15, 0.2) is 5.13 Å². The van der Waals surface area contributed by atoms with Crippen molar-refractivity contribution in [2.24, 2.45) is 5.92 Å². The summed E-state index contributed by atoms with van der Waals surface area (Å²) in [6.07, 6.45) is 8.46. The van der Waals surface area contributed by atoms with Crippen LogP contribution in [0.15, 0.2) is 6.20 Å². The first-order chi connectivity index (χ1) is 12.1. The van der Waals surface area contributed by atoms with Gasteiger partial charge in [-0.1, -0.05) is 24.2 Å². The number of carbonyl (C=O) groups is 2. The lowest BCUT2D eigenvalue weighted by Gasteiger charge is -2.40. The zero-order valence-corrected chi connectivity index (χ0v) is 15.9. The molecule has 7 heteroatoms. The van der Waals surface area contributed by atoms with E-state index in [0.717, 1.165) is 50.4 Å². The van der Waals surface area contributed by atoms with Crippen molar-refractivity contribution in [1.29, 1.82) is 0 Å². The molecule has 1 aromatic heterocycles. The van der Waals surface area contributed by atoms with Gasteiger partial charge in [0.05, 0.1) is 13.3 Å². The van der Waals surface area contributed by atoms with Crippen LogP contribution in [-0.4, -0.2) is 54.5 Å². The SMILES string of the molecule is COC(=O)c1cnc(N2CCC(C3CCCCCN3C(C)=O)CC2)s1. The highest BCUT2D eigenvalue weighted by Gasteiger charge is 2.33. The van der Waals surface area contributed by atoms with E-state index < -0.39 is 0 Å². The predicted octanol–water partition coefficient (Wildman–Crippen LogP) is 2.94. The molecule has 1 atom stereocenters. The summed E-state index contributed by atoms with van der Waals surface area (Å²) in [5.41, 5.74) is 0. The summed E-state index contributed by atoms with van der Waals surface area (Å²) in [5.74, 6) is 0.462. The quantitative estimate of drug-likeness (QED) is 0.771. The molecule has 0 spiro atoms. The number of hydrogen-bond acceptors (Lipinski definition) is 6. The van der Waals surface area contributed by atoms with Crippen LogP contribution < -0.4 is 4.90 Å². The van der Waals surface area contributed by atoms with Crippen LogP contribution in [-0.2, 0) is 9.53 Å². The van der Waals surface area contributed by atoms with Gasteiger partial charge in [-0.3, -0.25) is 4.79 Å². The van der Waals surface area contributed by atoms with E-state index in [9.17, 15) is 9.59 Å². The van der Waals surface area contributed by atoms with Crippen molar-refractivity contribution in [2.45, 2.75) is 51.5 Å². The minimum Gasteiger partial charge on any atom is -0.465 e. The molecule has 0 saturated carbocycles. The Labute approximate surface area is 153 Å². The number of hydrogen-bond donors (Lipinski definition) is 0. The lowest BCUT2D eigenvalue weighted by Crippen LogP contribution is -2.47. The van der Waals surface area contributed by atoms with E-state index in [-0.39, 0.29) is 11.9 Å². The topological polar surface area (TPSA) is 62.7 Å². The van der Waals surface area contributed by atoms with Crippen LogP contribution in [0.1, 0.15) is 55.1 Å². The molecule has 0 aliphatic carbocycles. The average molecular weight is 365 g/mol. The molecular formula is C18H27N3O3S. The number of ether oxygens (including phenoxy) is 1. The largest absolute Gasteiger partial charge is 0.465 e. The monoisotopic (exact) mass is 365 g/mol. The molecule has 2 aliphatic heterocycles. The number of methoxy groups -OCH3 is 1. The Bertz CT molecular complexity index is 610. The molecule has 138 valence electrons. The molecule has 6 nitrogen and oxygen atoms in total. The summed E-state index contributed by atoms with van der Waals surface area (Å²) in [4.78, 5) is 32.9. The maximum Gasteiger partial charge on any atom is 0.349 e. The fourth-order valence-corrected chi connectivity index (χ4v) is 4.98. The van der Waals surface area contributed by atoms with Crippen molar-refractivity contribution >= 4 is 28.3 Å². The Morgan fingerprint density at radius 1 is 1.16 bits per heavy atom. The third-order valence-electron chi connectivity index (χ3n) is 5.44. The summed E-state index contributed by atoms with van der Waals surface area (Å²) in [5, 5.41) is 0.892. The number of likely N-dealkylation sites (tertiary alicyclic amines) is 1. The smallest absolute Gasteiger partial charge is 0.349 e. The standard InChI is InChI=1S/C18H27N3O3S/c1-13(22)21-9-5-3-4-6-15(21)14-7-10-20(11-8-14)18-19-12-16(25-18)17(23)24-2/h12,14-15H,3-11H2,1-2H3. The van der Waals surface area contributed by atoms with E-state index in [2.05, 4.69) is 14.8 Å². The molecule has 0 radical (unpaired) electrons. The number of thiazole rings is 1. The van der Waals surface area contributed by atoms with Crippen molar-refractivity contribution in [2.75, 3.05) is 31.6 Å². The second kappa shape index (κ2) is 8.17. The van der Waals surface area contributed by atoms with Crippen molar-refractivity contribution in [1.82, 2.24) is 9.88 Å². The normalized spacial score (nSPS) is 22.6. The molecule has 2 fully saturated rings. The number of esters is 1. The van der Waals surface area contributed by atoms with E-state index >= 15 is 0 Å². The van der Waals surface area contributed by atoms with E-state index in [1.165, 1.54) is 31.3 Å². The minimum atomic E-state index is -0.325. The minimum absolute atomic E-state index is 0.219. The fourth-order valence-electron chi connectivity index (χ4n) is 4.10. The zero-order chi connectivity index (χ0) is 17.8. The van der Waals surface area contributed by atoms with Crippen molar-refractivity contribution < 1.29 is 14.3 Å². The first kappa shape index (κ1) is 18.2. The second-order valence-electron chi connectivity index (χ2n) is 6.95. The number of carbonyl (C=O) groups excluding carboxylic acids is 2. The third-order valence-corrected chi connectivity index (χ3v) is 6.48. The maximum atomic E-state index is 12.0. The molecule has 0 bridgehead atoms. The van der Waals surface area contributed by atoms with Crippen LogP contribution in [0.25, 0.3) is 0 Å². The van der Waals surface area contributed by atoms with E-state index in [1.54, 1.807) is 13.1 Å². The molecular weight excluding hydrogens is 338 g/mol. The summed E-state index contributed by atoms with van der Waals surface area (Å²) >= 11 is 1.39. The zero-order valence-electron chi connectivity index (χ0n) is 15.1. The van der Waals surface area contributed by atoms with Gasteiger partial charge in [-0.15, -0.1) is 0 Å². The Morgan fingerprint density at radius 2 is 1.92 bits per heavy atom. The first-order valence-electron chi connectivity index (χ1n) is 9.16. The van der Waals surface area contributed by atoms with Crippen molar-refractivity contribution in [3.8, 4) is 0 Å². The summed E-state index contributed by atoms with van der Waals surface area (Å²) in [6, 6.07) is 0.393. The Hall–Kier alpha value is -1.63. The van der Waals surface area contributed by atoms with Gasteiger partial charge in [-0.25, -0.2) is 9.78 Å². The van der Waals surface area contributed by atoms with Gasteiger partial charge in [0.1, 0.15) is 4.88 Å². The molecule has 2 saturated heterocycles. The van der Waals surface area contributed by atoms with Crippen LogP contribution in [0.2, 0.25) is 0 Å². The third kappa shape index (κ3) is 4.14. The first-order valence-corrected chi connectivity index (χ1v) is 9.98. The van der Waals surface area contributed by atoms with Crippen molar-refractivity contribution in [3.05, 3.63) is 11.1 Å². The van der Waals surface area contributed by atoms with Gasteiger partial charge in [-0.2, -0.15) is 0 Å². The number of amides is 1. The highest BCUT2D eigenvalue weighted by Crippen LogP contribution is 2.33. The predicted molar refractivity (Wildman–Crippen MR) is 98.0 cm³/mol. The highest BCUT2D eigenvalue weighted by molar-refractivity contribution is 7.17. The summed E-state index contributed by atoms with van der Waals surface area (Å²) in [6.45, 7) is 4.48. The number of nitrogens with zero attached hydrogens (tertiary/aromatic N) is 3. The molecule has 3 heterocycles. The molecule has 0 aromatic carbocycles. The van der Waals surface area contributed by atoms with Gasteiger partial charge in [-0.05, 0) is 31.6 Å². The van der Waals surface area contributed by atoms with Crippen LogP contribution in [0.5, 0.6) is 0 Å². The van der Waals surface area contributed by atoms with Crippen LogP contribution in [0.3, 0.4) is 0 Å². The molecule has 2 aliphatic rings. The van der Waals surface area contributed by atoms with E-state index in [0.29, 0.717) is 16.8 Å². The van der Waals surface area contributed by atoms with Gasteiger partial charge in [0.25, 0.3) is 0 Å². The lowest BCUT2D eigenvalue weighted by atomic mass is 9.86. The average Bonchev–Trinajstić information content (AvgIpc) is 2.98. The lowest BCUT2D eigenvalue weighted by molar-refractivity contribution is -0.132. The highest BCUT2D eigenvalue weighted by atomic mass is 32.1. The fraction of sp³-hybridized carbons (Fsp3) is 0.722. The van der Waals surface area contributed by atoms with Crippen molar-refractivity contribution in [3.63, 3.8) is 0 Å². The van der Waals surface area contributed by atoms with Crippen LogP contribution in [0, 0.1) is 5.92 Å².